The number of nitrogens with one attached hydrogen (secondary N) is 1. The highest BCUT2D eigenvalue weighted by Gasteiger charge is 2.44. The summed E-state index contributed by atoms with van der Waals surface area (Å²) in [5.41, 5.74) is 8.07. The monoisotopic (exact) mass is 408 g/mol. The van der Waals surface area contributed by atoms with Gasteiger partial charge in [0.05, 0.1) is 22.1 Å². The van der Waals surface area contributed by atoms with Crippen molar-refractivity contribution in [3.8, 4) is 5.75 Å². The minimum atomic E-state index is -0.617. The van der Waals surface area contributed by atoms with Crippen LogP contribution in [0.5, 0.6) is 5.75 Å². The Morgan fingerprint density at radius 1 is 1.37 bits per heavy atom. The second-order valence-electron chi connectivity index (χ2n) is 8.38. The normalized spacial score (nSPS) is 16.3. The lowest BCUT2D eigenvalue weighted by Crippen LogP contribution is -2.48. The van der Waals surface area contributed by atoms with E-state index < -0.39 is 5.82 Å². The zero-order valence-corrected chi connectivity index (χ0v) is 17.0. The number of nitrogens with two attached hydrogens (primary N) is 1. The molecule has 0 atom stereocenters. The molecule has 5 rings (SSSR count). The summed E-state index contributed by atoms with van der Waals surface area (Å²) in [7, 11) is 0. The Labute approximate surface area is 173 Å². The topological polar surface area (TPSA) is 82.2 Å². The Hall–Kier alpha value is -3.09. The molecule has 6 nitrogen and oxygen atoms in total. The summed E-state index contributed by atoms with van der Waals surface area (Å²) in [5, 5.41) is 3.40. The van der Waals surface area contributed by atoms with E-state index in [0.29, 0.717) is 30.0 Å². The molecule has 0 bridgehead atoms. The molecule has 156 valence electrons. The van der Waals surface area contributed by atoms with Crippen LogP contribution in [0.25, 0.3) is 10.9 Å². The molecule has 2 aromatic heterocycles. The summed E-state index contributed by atoms with van der Waals surface area (Å²) in [6.45, 7) is 2.77. The first kappa shape index (κ1) is 18.9. The highest BCUT2D eigenvalue weighted by molar-refractivity contribution is 6.00. The molecular weight excluding hydrogens is 383 g/mol. The average molecular weight is 408 g/mol. The lowest BCUT2D eigenvalue weighted by atomic mass is 9.76. The number of aromatic nitrogens is 2. The number of rotatable bonds is 5. The van der Waals surface area contributed by atoms with Crippen LogP contribution in [0.1, 0.15) is 36.9 Å². The fraction of sp³-hybridized carbons (Fsp3) is 0.391. The number of fused-ring (bicyclic) bond motifs is 1. The van der Waals surface area contributed by atoms with Gasteiger partial charge < -0.3 is 20.4 Å². The van der Waals surface area contributed by atoms with Crippen molar-refractivity contribution in [2.75, 3.05) is 24.2 Å². The SMILES string of the molecule is Cc1cn2c3c(c(NCCCc4ccccn4)c(F)c(N)c3c1=O)OCC21CCC1. The van der Waals surface area contributed by atoms with Crippen molar-refractivity contribution < 1.29 is 9.13 Å². The van der Waals surface area contributed by atoms with E-state index in [1.807, 2.05) is 24.4 Å². The third-order valence-corrected chi connectivity index (χ3v) is 6.47. The minimum absolute atomic E-state index is 0.108. The van der Waals surface area contributed by atoms with Gasteiger partial charge in [0.25, 0.3) is 0 Å². The first-order chi connectivity index (χ1) is 14.5. The predicted octanol–water partition coefficient (Wildman–Crippen LogP) is 3.74. The van der Waals surface area contributed by atoms with Crippen molar-refractivity contribution >= 4 is 22.3 Å². The number of ether oxygens (including phenoxy) is 1. The summed E-state index contributed by atoms with van der Waals surface area (Å²) in [6.07, 6.45) is 8.28. The number of nitrogens with zero attached hydrogens (tertiary/aromatic N) is 2. The van der Waals surface area contributed by atoms with Gasteiger partial charge in [-0.3, -0.25) is 9.78 Å². The molecule has 0 amide bonds. The molecule has 30 heavy (non-hydrogen) atoms. The molecule has 3 N–H and O–H groups in total. The molecule has 0 unspecified atom stereocenters. The number of halogens is 1. The fourth-order valence-corrected chi connectivity index (χ4v) is 4.62. The molecule has 3 aromatic rings. The molecule has 1 spiro atoms. The van der Waals surface area contributed by atoms with Crippen LogP contribution in [0.3, 0.4) is 0 Å². The third kappa shape index (κ3) is 2.75. The number of aryl methyl sites for hydroxylation is 2. The molecule has 1 aliphatic heterocycles. The van der Waals surface area contributed by atoms with Gasteiger partial charge in [-0.05, 0) is 51.2 Å². The molecule has 1 saturated carbocycles. The van der Waals surface area contributed by atoms with Gasteiger partial charge in [-0.25, -0.2) is 4.39 Å². The van der Waals surface area contributed by atoms with Crippen LogP contribution in [0, 0.1) is 12.7 Å². The van der Waals surface area contributed by atoms with E-state index in [-0.39, 0.29) is 27.7 Å². The van der Waals surface area contributed by atoms with E-state index in [1.165, 1.54) is 0 Å². The predicted molar refractivity (Wildman–Crippen MR) is 116 cm³/mol. The smallest absolute Gasteiger partial charge is 0.194 e. The van der Waals surface area contributed by atoms with Gasteiger partial charge in [0.15, 0.2) is 17.0 Å². The molecular formula is C23H25FN4O2. The van der Waals surface area contributed by atoms with E-state index in [0.717, 1.165) is 37.8 Å². The molecule has 2 aliphatic rings. The molecule has 1 fully saturated rings. The second-order valence-corrected chi connectivity index (χ2v) is 8.38. The van der Waals surface area contributed by atoms with E-state index >= 15 is 4.39 Å². The molecule has 0 radical (unpaired) electrons. The van der Waals surface area contributed by atoms with Crippen molar-refractivity contribution in [1.82, 2.24) is 9.55 Å². The van der Waals surface area contributed by atoms with Crippen LogP contribution >= 0.6 is 0 Å². The van der Waals surface area contributed by atoms with Crippen molar-refractivity contribution in [3.05, 3.63) is 57.9 Å². The summed E-state index contributed by atoms with van der Waals surface area (Å²) in [5.74, 6) is -0.224. The van der Waals surface area contributed by atoms with Gasteiger partial charge in [-0.1, -0.05) is 6.07 Å². The summed E-state index contributed by atoms with van der Waals surface area (Å²) >= 11 is 0. The van der Waals surface area contributed by atoms with Crippen molar-refractivity contribution in [1.29, 1.82) is 0 Å². The third-order valence-electron chi connectivity index (χ3n) is 6.47. The molecule has 3 heterocycles. The largest absolute Gasteiger partial charge is 0.487 e. The Kier molecular flexibility index (Phi) is 4.41. The maximum atomic E-state index is 15.3. The van der Waals surface area contributed by atoms with Crippen molar-refractivity contribution in [3.63, 3.8) is 0 Å². The number of nitrogen functional groups attached to an aromatic ring is 1. The van der Waals surface area contributed by atoms with Crippen LogP contribution in [-0.2, 0) is 12.0 Å². The molecule has 1 aromatic carbocycles. The lowest BCUT2D eigenvalue weighted by molar-refractivity contribution is 0.0600. The first-order valence-electron chi connectivity index (χ1n) is 10.5. The Balaban J connectivity index is 1.54. The first-order valence-corrected chi connectivity index (χ1v) is 10.5. The Morgan fingerprint density at radius 2 is 2.20 bits per heavy atom. The van der Waals surface area contributed by atoms with E-state index in [9.17, 15) is 4.79 Å². The number of hydrogen-bond donors (Lipinski definition) is 2. The molecule has 7 heteroatoms. The Bertz CT molecular complexity index is 1190. The maximum Gasteiger partial charge on any atom is 0.194 e. The van der Waals surface area contributed by atoms with Gasteiger partial charge in [0.1, 0.15) is 12.3 Å². The maximum absolute atomic E-state index is 15.3. The highest BCUT2D eigenvalue weighted by atomic mass is 19.1. The van der Waals surface area contributed by atoms with E-state index in [4.69, 9.17) is 10.5 Å². The second kappa shape index (κ2) is 7.00. The molecule has 1 aliphatic carbocycles. The van der Waals surface area contributed by atoms with Gasteiger partial charge in [0.2, 0.25) is 0 Å². The summed E-state index contributed by atoms with van der Waals surface area (Å²) < 4.78 is 23.5. The lowest BCUT2D eigenvalue weighted by Gasteiger charge is -2.47. The fourth-order valence-electron chi connectivity index (χ4n) is 4.62. The van der Waals surface area contributed by atoms with Gasteiger partial charge >= 0.3 is 0 Å². The zero-order chi connectivity index (χ0) is 20.9. The number of hydrogen-bond acceptors (Lipinski definition) is 5. The molecule has 0 saturated heterocycles. The van der Waals surface area contributed by atoms with Crippen LogP contribution in [0.2, 0.25) is 0 Å². The standard InChI is InChI=1S/C23H25FN4O2/c1-14-12-28-20-16(21(14)29)18(25)17(24)19(22(20)30-13-23(28)8-5-9-23)27-11-4-7-15-6-2-3-10-26-15/h2-3,6,10,12,27H,4-5,7-9,11,13,25H2,1H3. The zero-order valence-electron chi connectivity index (χ0n) is 17.0. The van der Waals surface area contributed by atoms with Crippen LogP contribution < -0.4 is 21.2 Å². The van der Waals surface area contributed by atoms with Crippen molar-refractivity contribution in [2.24, 2.45) is 0 Å². The minimum Gasteiger partial charge on any atom is -0.487 e. The van der Waals surface area contributed by atoms with Crippen LogP contribution in [-0.4, -0.2) is 22.7 Å². The summed E-state index contributed by atoms with van der Waals surface area (Å²) in [4.78, 5) is 17.2. The van der Waals surface area contributed by atoms with E-state index in [2.05, 4.69) is 14.9 Å². The average Bonchev–Trinajstić information content (AvgIpc) is 2.72. The van der Waals surface area contributed by atoms with Gasteiger partial charge in [0, 0.05) is 30.2 Å². The van der Waals surface area contributed by atoms with E-state index in [1.54, 1.807) is 13.1 Å². The van der Waals surface area contributed by atoms with Crippen LogP contribution in [0.15, 0.2) is 35.4 Å². The van der Waals surface area contributed by atoms with Crippen LogP contribution in [0.4, 0.5) is 15.8 Å². The highest BCUT2D eigenvalue weighted by Crippen LogP contribution is 2.49. The summed E-state index contributed by atoms with van der Waals surface area (Å²) in [6, 6.07) is 5.81. The number of benzene rings is 1. The Morgan fingerprint density at radius 3 is 2.90 bits per heavy atom. The number of anilines is 2. The number of pyridine rings is 2. The van der Waals surface area contributed by atoms with Gasteiger partial charge in [-0.15, -0.1) is 0 Å². The van der Waals surface area contributed by atoms with Gasteiger partial charge in [-0.2, -0.15) is 0 Å². The quantitative estimate of drug-likeness (QED) is 0.496. The van der Waals surface area contributed by atoms with Crippen molar-refractivity contribution in [2.45, 2.75) is 44.6 Å².